The number of aryl methyl sites for hydroxylation is 1. The van der Waals surface area contributed by atoms with Gasteiger partial charge in [0, 0.05) is 23.7 Å². The Kier molecular flexibility index (Phi) is 3.21. The Morgan fingerprint density at radius 3 is 2.74 bits per heavy atom. The molecule has 0 aliphatic rings. The van der Waals surface area contributed by atoms with Crippen LogP contribution in [0.1, 0.15) is 22.8 Å². The third-order valence-electron chi connectivity index (χ3n) is 2.99. The highest BCUT2D eigenvalue weighted by atomic mass is 19.1. The molecule has 0 amide bonds. The largest absolute Gasteiger partial charge is 0.477 e. The molecule has 2 rings (SSSR count). The van der Waals surface area contributed by atoms with Crippen LogP contribution in [0.5, 0.6) is 0 Å². The van der Waals surface area contributed by atoms with Crippen LogP contribution in [0.4, 0.5) is 4.39 Å². The van der Waals surface area contributed by atoms with Gasteiger partial charge in [-0.2, -0.15) is 0 Å². The van der Waals surface area contributed by atoms with E-state index < -0.39 is 17.2 Å². The summed E-state index contributed by atoms with van der Waals surface area (Å²) >= 11 is 0. The Labute approximate surface area is 108 Å². The fourth-order valence-electron chi connectivity index (χ4n) is 2.00. The maximum Gasteiger partial charge on any atom is 0.341 e. The maximum absolute atomic E-state index is 13.7. The van der Waals surface area contributed by atoms with E-state index in [0.29, 0.717) is 12.1 Å². The van der Waals surface area contributed by atoms with E-state index in [4.69, 9.17) is 5.11 Å². The molecule has 0 spiro atoms. The highest BCUT2D eigenvalue weighted by Gasteiger charge is 2.15. The van der Waals surface area contributed by atoms with Crippen molar-refractivity contribution in [3.8, 4) is 0 Å². The average molecular weight is 261 g/mol. The summed E-state index contributed by atoms with van der Waals surface area (Å²) in [6.45, 7) is 5.78. The molecule has 0 saturated carbocycles. The van der Waals surface area contributed by atoms with Crippen molar-refractivity contribution in [3.63, 3.8) is 0 Å². The number of hydrogen-bond donors (Lipinski definition) is 1. The number of pyridine rings is 1. The van der Waals surface area contributed by atoms with Crippen LogP contribution in [-0.2, 0) is 6.54 Å². The maximum atomic E-state index is 13.7. The molecule has 4 nitrogen and oxygen atoms in total. The van der Waals surface area contributed by atoms with E-state index in [-0.39, 0.29) is 16.5 Å². The quantitative estimate of drug-likeness (QED) is 0.923. The predicted molar refractivity (Wildman–Crippen MR) is 70.9 cm³/mol. The van der Waals surface area contributed by atoms with Crippen molar-refractivity contribution in [1.29, 1.82) is 0 Å². The number of halogens is 1. The van der Waals surface area contributed by atoms with Crippen molar-refractivity contribution in [2.45, 2.75) is 13.5 Å². The molecule has 0 aliphatic carbocycles. The van der Waals surface area contributed by atoms with Gasteiger partial charge in [0.1, 0.15) is 11.4 Å². The molecule has 98 valence electrons. The fourth-order valence-corrected chi connectivity index (χ4v) is 2.00. The molecule has 0 aliphatic heterocycles. The highest BCUT2D eigenvalue weighted by molar-refractivity contribution is 5.93. The van der Waals surface area contributed by atoms with Crippen LogP contribution in [0.3, 0.4) is 0 Å². The van der Waals surface area contributed by atoms with Crippen LogP contribution >= 0.6 is 0 Å². The number of fused-ring (bicyclic) bond motifs is 1. The molecule has 2 aromatic rings. The van der Waals surface area contributed by atoms with E-state index in [1.807, 2.05) is 6.92 Å². The van der Waals surface area contributed by atoms with Gasteiger partial charge in [-0.25, -0.2) is 9.18 Å². The number of benzene rings is 1. The van der Waals surface area contributed by atoms with Gasteiger partial charge < -0.3 is 9.67 Å². The molecule has 1 heterocycles. The molecule has 0 fully saturated rings. The zero-order chi connectivity index (χ0) is 14.2. The zero-order valence-corrected chi connectivity index (χ0v) is 10.3. The summed E-state index contributed by atoms with van der Waals surface area (Å²) in [6.07, 6.45) is 2.63. The number of nitrogens with zero attached hydrogens (tertiary/aromatic N) is 1. The lowest BCUT2D eigenvalue weighted by molar-refractivity contribution is 0.0695. The molecule has 0 atom stereocenters. The normalized spacial score (nSPS) is 10.6. The first kappa shape index (κ1) is 13.0. The summed E-state index contributed by atoms with van der Waals surface area (Å²) in [5.41, 5.74) is -0.271. The van der Waals surface area contributed by atoms with Gasteiger partial charge in [-0.15, -0.1) is 0 Å². The van der Waals surface area contributed by atoms with E-state index in [0.717, 1.165) is 6.07 Å². The van der Waals surface area contributed by atoms with E-state index in [1.54, 1.807) is 4.57 Å². The fraction of sp³-hybridized carbons (Fsp3) is 0.143. The minimum atomic E-state index is -1.32. The summed E-state index contributed by atoms with van der Waals surface area (Å²) < 4.78 is 15.3. The van der Waals surface area contributed by atoms with Crippen molar-refractivity contribution < 1.29 is 14.3 Å². The number of aromatic carboxylic acids is 1. The monoisotopic (exact) mass is 261 g/mol. The molecule has 1 aromatic heterocycles. The van der Waals surface area contributed by atoms with E-state index in [1.165, 1.54) is 18.3 Å². The van der Waals surface area contributed by atoms with Gasteiger partial charge in [0.15, 0.2) is 0 Å². The molecule has 1 N–H and O–H groups in total. The summed E-state index contributed by atoms with van der Waals surface area (Å²) in [7, 11) is 0. The van der Waals surface area contributed by atoms with Gasteiger partial charge in [-0.3, -0.25) is 4.79 Å². The Morgan fingerprint density at radius 2 is 2.21 bits per heavy atom. The second-order valence-corrected chi connectivity index (χ2v) is 4.06. The lowest BCUT2D eigenvalue weighted by Crippen LogP contribution is -2.19. The van der Waals surface area contributed by atoms with E-state index in [9.17, 15) is 14.0 Å². The topological polar surface area (TPSA) is 59.3 Å². The summed E-state index contributed by atoms with van der Waals surface area (Å²) in [5, 5.41) is 9.05. The third kappa shape index (κ3) is 2.03. The second kappa shape index (κ2) is 4.68. The zero-order valence-electron chi connectivity index (χ0n) is 10.3. The standard InChI is InChI=1S/C14H12FNO3/c1-3-8-5-12-9(6-11(8)15)13(17)10(14(18)19)7-16(12)4-2/h3,5-7H,1,4H2,2H3,(H,18,19). The van der Waals surface area contributed by atoms with E-state index >= 15 is 0 Å². The third-order valence-corrected chi connectivity index (χ3v) is 2.99. The van der Waals surface area contributed by atoms with Crippen LogP contribution in [0.15, 0.2) is 29.7 Å². The lowest BCUT2D eigenvalue weighted by atomic mass is 10.1. The van der Waals surface area contributed by atoms with Crippen LogP contribution in [0.2, 0.25) is 0 Å². The number of carbonyl (C=O) groups is 1. The van der Waals surface area contributed by atoms with Crippen molar-refractivity contribution in [1.82, 2.24) is 4.57 Å². The average Bonchev–Trinajstić information content (AvgIpc) is 2.38. The first-order valence-corrected chi connectivity index (χ1v) is 5.72. The first-order valence-electron chi connectivity index (χ1n) is 5.72. The molecule has 19 heavy (non-hydrogen) atoms. The molecule has 0 bridgehead atoms. The molecule has 0 unspecified atom stereocenters. The van der Waals surface area contributed by atoms with Gasteiger partial charge in [0.05, 0.1) is 5.52 Å². The highest BCUT2D eigenvalue weighted by Crippen LogP contribution is 2.19. The van der Waals surface area contributed by atoms with Crippen molar-refractivity contribution in [2.75, 3.05) is 0 Å². The van der Waals surface area contributed by atoms with Gasteiger partial charge in [-0.1, -0.05) is 12.7 Å². The Balaban J connectivity index is 2.99. The number of carboxylic acid groups (broad SMARTS) is 1. The van der Waals surface area contributed by atoms with Crippen molar-refractivity contribution in [2.24, 2.45) is 0 Å². The van der Waals surface area contributed by atoms with Crippen LogP contribution < -0.4 is 5.43 Å². The van der Waals surface area contributed by atoms with Gasteiger partial charge in [0.25, 0.3) is 0 Å². The Hall–Kier alpha value is -2.43. The van der Waals surface area contributed by atoms with Crippen molar-refractivity contribution >= 4 is 22.9 Å². The molecule has 1 aromatic carbocycles. The van der Waals surface area contributed by atoms with Gasteiger partial charge in [-0.05, 0) is 19.1 Å². The Bertz CT molecular complexity index is 746. The minimum Gasteiger partial charge on any atom is -0.477 e. The molecule has 0 radical (unpaired) electrons. The predicted octanol–water partition coefficient (Wildman–Crippen LogP) is 2.50. The summed E-state index contributed by atoms with van der Waals surface area (Å²) in [4.78, 5) is 23.0. The first-order chi connectivity index (χ1) is 8.99. The summed E-state index contributed by atoms with van der Waals surface area (Å²) in [5.74, 6) is -1.91. The molecule has 5 heteroatoms. The summed E-state index contributed by atoms with van der Waals surface area (Å²) in [6, 6.07) is 2.56. The number of hydrogen-bond acceptors (Lipinski definition) is 2. The lowest BCUT2D eigenvalue weighted by Gasteiger charge is -2.11. The van der Waals surface area contributed by atoms with Crippen LogP contribution in [0.25, 0.3) is 17.0 Å². The molecule has 0 saturated heterocycles. The van der Waals surface area contributed by atoms with Crippen LogP contribution in [0, 0.1) is 5.82 Å². The molecular weight excluding hydrogens is 249 g/mol. The van der Waals surface area contributed by atoms with E-state index in [2.05, 4.69) is 6.58 Å². The SMILES string of the molecule is C=Cc1cc2c(cc1F)c(=O)c(C(=O)O)cn2CC. The number of rotatable bonds is 3. The van der Waals surface area contributed by atoms with Crippen molar-refractivity contribution in [3.05, 3.63) is 52.1 Å². The minimum absolute atomic E-state index is 0.0600. The Morgan fingerprint density at radius 1 is 1.53 bits per heavy atom. The number of carboxylic acids is 1. The van der Waals surface area contributed by atoms with Gasteiger partial charge >= 0.3 is 5.97 Å². The van der Waals surface area contributed by atoms with Crippen LogP contribution in [-0.4, -0.2) is 15.6 Å². The smallest absolute Gasteiger partial charge is 0.341 e. The van der Waals surface area contributed by atoms with Gasteiger partial charge in [0.2, 0.25) is 5.43 Å². The number of aromatic nitrogens is 1. The molecular formula is C14H12FNO3. The second-order valence-electron chi connectivity index (χ2n) is 4.06.